The van der Waals surface area contributed by atoms with Crippen molar-refractivity contribution in [3.05, 3.63) is 71.2 Å². The number of ether oxygens (including phenoxy) is 1. The van der Waals surface area contributed by atoms with Gasteiger partial charge in [0.05, 0.1) is 12.3 Å². The topological polar surface area (TPSA) is 28.3 Å². The molecular formula is C26H31FN2O. The lowest BCUT2D eigenvalue weighted by Gasteiger charge is -2.52. The summed E-state index contributed by atoms with van der Waals surface area (Å²) in [5.41, 5.74) is 4.68. The normalized spacial score (nSPS) is 31.2. The van der Waals surface area contributed by atoms with E-state index in [-0.39, 0.29) is 17.0 Å². The number of aromatic amines is 1. The van der Waals surface area contributed by atoms with E-state index in [9.17, 15) is 4.39 Å². The minimum atomic E-state index is -0.289. The lowest BCUT2D eigenvalue weighted by Crippen LogP contribution is -2.53. The minimum absolute atomic E-state index is 0.0305. The van der Waals surface area contributed by atoms with Gasteiger partial charge < -0.3 is 9.72 Å². The van der Waals surface area contributed by atoms with Gasteiger partial charge in [-0.05, 0) is 81.5 Å². The largest absolute Gasteiger partial charge is 0.368 e. The SMILES string of the molecule is CC1C=CC=CC=C1[C@]1(N(C)C)CC[C@@]2(CC1)OCCc1c3cc(F)ccc3[nH]c12. The number of halogens is 1. The third-order valence-electron chi connectivity index (χ3n) is 7.72. The monoisotopic (exact) mass is 406 g/mol. The molecule has 2 aliphatic carbocycles. The third kappa shape index (κ3) is 2.92. The molecule has 1 aliphatic heterocycles. The number of benzene rings is 1. The van der Waals surface area contributed by atoms with Gasteiger partial charge in [-0.1, -0.05) is 37.3 Å². The van der Waals surface area contributed by atoms with Crippen molar-refractivity contribution in [1.29, 1.82) is 0 Å². The molecule has 0 saturated heterocycles. The number of fused-ring (bicyclic) bond motifs is 4. The molecule has 2 heterocycles. The predicted molar refractivity (Wildman–Crippen MR) is 120 cm³/mol. The van der Waals surface area contributed by atoms with Gasteiger partial charge in [-0.25, -0.2) is 4.39 Å². The average molecular weight is 407 g/mol. The summed E-state index contributed by atoms with van der Waals surface area (Å²) in [6, 6.07) is 5.07. The second-order valence-electron chi connectivity index (χ2n) is 9.37. The molecule has 0 bridgehead atoms. The second kappa shape index (κ2) is 7.21. The molecule has 1 fully saturated rings. The van der Waals surface area contributed by atoms with E-state index in [0.717, 1.165) is 43.0 Å². The van der Waals surface area contributed by atoms with Gasteiger partial charge in [-0.15, -0.1) is 0 Å². The van der Waals surface area contributed by atoms with Gasteiger partial charge in [0.1, 0.15) is 11.4 Å². The molecule has 1 spiro atoms. The van der Waals surface area contributed by atoms with E-state index in [0.29, 0.717) is 12.5 Å². The molecule has 1 N–H and O–H groups in total. The number of rotatable bonds is 2. The molecule has 0 amide bonds. The summed E-state index contributed by atoms with van der Waals surface area (Å²) < 4.78 is 20.4. The summed E-state index contributed by atoms with van der Waals surface area (Å²) >= 11 is 0. The van der Waals surface area contributed by atoms with Crippen LogP contribution in [0.15, 0.2) is 54.2 Å². The van der Waals surface area contributed by atoms with Crippen molar-refractivity contribution in [2.75, 3.05) is 20.7 Å². The molecule has 1 atom stereocenters. The molecule has 30 heavy (non-hydrogen) atoms. The highest BCUT2D eigenvalue weighted by molar-refractivity contribution is 5.85. The van der Waals surface area contributed by atoms with Crippen molar-refractivity contribution in [3.8, 4) is 0 Å². The van der Waals surface area contributed by atoms with E-state index < -0.39 is 0 Å². The third-order valence-corrected chi connectivity index (χ3v) is 7.72. The molecular weight excluding hydrogens is 375 g/mol. The molecule has 0 radical (unpaired) electrons. The number of hydrogen-bond donors (Lipinski definition) is 1. The Hall–Kier alpha value is -2.17. The Morgan fingerprint density at radius 2 is 1.90 bits per heavy atom. The van der Waals surface area contributed by atoms with Gasteiger partial charge >= 0.3 is 0 Å². The maximum atomic E-state index is 13.9. The van der Waals surface area contributed by atoms with E-state index in [1.807, 2.05) is 6.07 Å². The zero-order valence-corrected chi connectivity index (χ0v) is 18.2. The second-order valence-corrected chi connectivity index (χ2v) is 9.37. The fraction of sp³-hybridized carbons (Fsp3) is 0.462. The highest BCUT2D eigenvalue weighted by Gasteiger charge is 2.50. The molecule has 1 aromatic heterocycles. The Morgan fingerprint density at radius 3 is 2.67 bits per heavy atom. The Labute approximate surface area is 178 Å². The standard InChI is InChI=1S/C26H31FN2O/c1-18-7-5-4-6-8-22(18)25(29(2)3)12-14-26(15-13-25)24-20(11-16-30-26)21-17-19(27)9-10-23(21)28-24/h4-10,17-18,28H,11-16H2,1-3H3/t18?,25-,26-. The first kappa shape index (κ1) is 19.8. The van der Waals surface area contributed by atoms with Crippen molar-refractivity contribution in [2.24, 2.45) is 5.92 Å². The van der Waals surface area contributed by atoms with Gasteiger partial charge in [0.2, 0.25) is 0 Å². The molecule has 2 aromatic rings. The van der Waals surface area contributed by atoms with Crippen LogP contribution >= 0.6 is 0 Å². The molecule has 1 aromatic carbocycles. The molecule has 158 valence electrons. The first-order chi connectivity index (χ1) is 14.5. The summed E-state index contributed by atoms with van der Waals surface area (Å²) in [5.74, 6) is 0.242. The van der Waals surface area contributed by atoms with Gasteiger partial charge in [0.15, 0.2) is 0 Å². The van der Waals surface area contributed by atoms with Crippen LogP contribution in [0, 0.1) is 11.7 Å². The summed E-state index contributed by atoms with van der Waals surface area (Å²) in [4.78, 5) is 6.03. The van der Waals surface area contributed by atoms with Crippen molar-refractivity contribution >= 4 is 10.9 Å². The van der Waals surface area contributed by atoms with E-state index in [1.54, 1.807) is 6.07 Å². The van der Waals surface area contributed by atoms with Gasteiger partial charge in [-0.3, -0.25) is 4.90 Å². The van der Waals surface area contributed by atoms with Crippen LogP contribution in [-0.2, 0) is 16.8 Å². The van der Waals surface area contributed by atoms with Crippen LogP contribution in [0.25, 0.3) is 10.9 Å². The van der Waals surface area contributed by atoms with E-state index in [4.69, 9.17) is 4.74 Å². The van der Waals surface area contributed by atoms with Crippen LogP contribution in [0.4, 0.5) is 4.39 Å². The Balaban J connectivity index is 1.52. The molecule has 3 nitrogen and oxygen atoms in total. The minimum Gasteiger partial charge on any atom is -0.368 e. The van der Waals surface area contributed by atoms with Crippen molar-refractivity contribution in [2.45, 2.75) is 50.2 Å². The smallest absolute Gasteiger partial charge is 0.123 e. The maximum Gasteiger partial charge on any atom is 0.123 e. The first-order valence-corrected chi connectivity index (χ1v) is 11.1. The van der Waals surface area contributed by atoms with Crippen LogP contribution in [0.3, 0.4) is 0 Å². The zero-order chi connectivity index (χ0) is 20.9. The fourth-order valence-electron chi connectivity index (χ4n) is 6.03. The summed E-state index contributed by atoms with van der Waals surface area (Å²) in [6.45, 7) is 3.00. The van der Waals surface area contributed by atoms with Crippen molar-refractivity contribution in [1.82, 2.24) is 9.88 Å². The lowest BCUT2D eigenvalue weighted by atomic mass is 9.65. The van der Waals surface area contributed by atoms with Crippen LogP contribution in [-0.4, -0.2) is 36.1 Å². The molecule has 5 rings (SSSR count). The number of H-pyrrole nitrogens is 1. The lowest BCUT2D eigenvalue weighted by molar-refractivity contribution is -0.107. The van der Waals surface area contributed by atoms with E-state index in [2.05, 4.69) is 61.3 Å². The number of allylic oxidation sites excluding steroid dienone is 5. The molecule has 1 unspecified atom stereocenters. The maximum absolute atomic E-state index is 13.9. The zero-order valence-electron chi connectivity index (χ0n) is 18.2. The fourth-order valence-corrected chi connectivity index (χ4v) is 6.03. The predicted octanol–water partition coefficient (Wildman–Crippen LogP) is 5.64. The van der Waals surface area contributed by atoms with Crippen LogP contribution < -0.4 is 0 Å². The average Bonchev–Trinajstić information content (AvgIpc) is 2.97. The van der Waals surface area contributed by atoms with Gasteiger partial charge in [0.25, 0.3) is 0 Å². The highest BCUT2D eigenvalue weighted by Crippen LogP contribution is 2.52. The molecule has 4 heteroatoms. The Kier molecular flexibility index (Phi) is 4.75. The van der Waals surface area contributed by atoms with E-state index >= 15 is 0 Å². The summed E-state index contributed by atoms with van der Waals surface area (Å²) in [7, 11) is 4.42. The van der Waals surface area contributed by atoms with Crippen LogP contribution in [0.2, 0.25) is 0 Å². The summed E-state index contributed by atoms with van der Waals surface area (Å²) in [6.07, 6.45) is 15.9. The number of aromatic nitrogens is 1. The van der Waals surface area contributed by atoms with Crippen LogP contribution in [0.1, 0.15) is 43.9 Å². The molecule has 3 aliphatic rings. The first-order valence-electron chi connectivity index (χ1n) is 11.1. The Morgan fingerprint density at radius 1 is 1.10 bits per heavy atom. The molecule has 1 saturated carbocycles. The quantitative estimate of drug-likeness (QED) is 0.699. The highest BCUT2D eigenvalue weighted by atomic mass is 19.1. The summed E-state index contributed by atoms with van der Waals surface area (Å²) in [5, 5.41) is 1.02. The van der Waals surface area contributed by atoms with E-state index in [1.165, 1.54) is 22.9 Å². The van der Waals surface area contributed by atoms with Gasteiger partial charge in [-0.2, -0.15) is 0 Å². The van der Waals surface area contributed by atoms with Crippen molar-refractivity contribution in [3.63, 3.8) is 0 Å². The number of likely N-dealkylation sites (N-methyl/N-ethyl adjacent to an activating group) is 1. The number of hydrogen-bond acceptors (Lipinski definition) is 2. The van der Waals surface area contributed by atoms with Crippen LogP contribution in [0.5, 0.6) is 0 Å². The van der Waals surface area contributed by atoms with Crippen molar-refractivity contribution < 1.29 is 9.13 Å². The Bertz CT molecular complexity index is 1050. The van der Waals surface area contributed by atoms with Gasteiger partial charge in [0, 0.05) is 16.4 Å². The number of nitrogens with zero attached hydrogens (tertiary/aromatic N) is 1. The number of nitrogens with one attached hydrogen (secondary N) is 1.